The van der Waals surface area contributed by atoms with Gasteiger partial charge in [-0.2, -0.15) is 5.26 Å². The number of halogens is 1. The Morgan fingerprint density at radius 3 is 2.85 bits per heavy atom. The van der Waals surface area contributed by atoms with Gasteiger partial charge in [0, 0.05) is 19.1 Å². The number of nitrogens with one attached hydrogen (secondary N) is 1. The van der Waals surface area contributed by atoms with E-state index in [1.165, 1.54) is 18.2 Å². The zero-order valence-corrected chi connectivity index (χ0v) is 11.1. The summed E-state index contributed by atoms with van der Waals surface area (Å²) in [4.78, 5) is 13.9. The highest BCUT2D eigenvalue weighted by atomic mass is 19.1. The number of amides is 1. The zero-order valence-electron chi connectivity index (χ0n) is 11.1. The highest BCUT2D eigenvalue weighted by Gasteiger charge is 2.19. The van der Waals surface area contributed by atoms with Crippen molar-refractivity contribution in [1.29, 1.82) is 5.26 Å². The van der Waals surface area contributed by atoms with Gasteiger partial charge in [-0.3, -0.25) is 9.69 Å². The third kappa shape index (κ3) is 3.53. The van der Waals surface area contributed by atoms with Crippen molar-refractivity contribution in [2.24, 2.45) is 5.73 Å². The first kappa shape index (κ1) is 14.4. The summed E-state index contributed by atoms with van der Waals surface area (Å²) < 4.78 is 13.4. The smallest absolute Gasteiger partial charge is 0.238 e. The first-order valence-electron chi connectivity index (χ1n) is 6.56. The lowest BCUT2D eigenvalue weighted by Gasteiger charge is -2.29. The van der Waals surface area contributed by atoms with Gasteiger partial charge in [0.15, 0.2) is 0 Å². The molecule has 1 aromatic carbocycles. The fraction of sp³-hybridized carbons (Fsp3) is 0.429. The van der Waals surface area contributed by atoms with Gasteiger partial charge in [0.05, 0.1) is 12.2 Å². The second-order valence-electron chi connectivity index (χ2n) is 4.94. The Balaban J connectivity index is 1.95. The molecule has 1 aliphatic heterocycles. The van der Waals surface area contributed by atoms with E-state index < -0.39 is 5.82 Å². The van der Waals surface area contributed by atoms with E-state index in [1.807, 2.05) is 4.90 Å². The monoisotopic (exact) mass is 276 g/mol. The van der Waals surface area contributed by atoms with E-state index in [9.17, 15) is 9.18 Å². The molecule has 0 bridgehead atoms. The average molecular weight is 276 g/mol. The molecule has 0 aliphatic carbocycles. The number of likely N-dealkylation sites (tertiary alicyclic amines) is 1. The normalized spacial score (nSPS) is 16.6. The van der Waals surface area contributed by atoms with E-state index in [2.05, 4.69) is 5.32 Å². The number of nitriles is 1. The minimum Gasteiger partial charge on any atom is -0.328 e. The Morgan fingerprint density at radius 1 is 1.50 bits per heavy atom. The van der Waals surface area contributed by atoms with Crippen molar-refractivity contribution in [2.45, 2.75) is 18.9 Å². The van der Waals surface area contributed by atoms with Gasteiger partial charge in [-0.1, -0.05) is 6.07 Å². The topological polar surface area (TPSA) is 82.2 Å². The van der Waals surface area contributed by atoms with Gasteiger partial charge in [0.1, 0.15) is 17.4 Å². The second-order valence-corrected chi connectivity index (χ2v) is 4.94. The largest absolute Gasteiger partial charge is 0.328 e. The molecule has 0 unspecified atom stereocenters. The van der Waals surface area contributed by atoms with Crippen LogP contribution in [0.4, 0.5) is 10.1 Å². The summed E-state index contributed by atoms with van der Waals surface area (Å²) in [7, 11) is 0. The summed E-state index contributed by atoms with van der Waals surface area (Å²) in [6.07, 6.45) is 1.74. The van der Waals surface area contributed by atoms with Crippen LogP contribution in [0.5, 0.6) is 0 Å². The number of nitrogens with zero attached hydrogens (tertiary/aromatic N) is 2. The van der Waals surface area contributed by atoms with Crippen molar-refractivity contribution < 1.29 is 9.18 Å². The van der Waals surface area contributed by atoms with Crippen LogP contribution in [0.1, 0.15) is 18.4 Å². The number of rotatable bonds is 3. The number of piperidine rings is 1. The lowest BCUT2D eigenvalue weighted by molar-refractivity contribution is -0.117. The maximum atomic E-state index is 13.4. The SMILES string of the molecule is N#Cc1c(F)cccc1NC(=O)CN1CCC(N)CC1. The standard InChI is InChI=1S/C14H17FN4O/c15-12-2-1-3-13(11(12)8-16)18-14(20)9-19-6-4-10(17)5-7-19/h1-3,10H,4-7,9,17H2,(H,18,20). The predicted octanol–water partition coefficient (Wildman–Crippen LogP) is 1.06. The summed E-state index contributed by atoms with van der Waals surface area (Å²) in [5.41, 5.74) is 5.88. The molecule has 1 aliphatic rings. The molecule has 0 aromatic heterocycles. The van der Waals surface area contributed by atoms with Crippen molar-refractivity contribution in [3.05, 3.63) is 29.6 Å². The van der Waals surface area contributed by atoms with E-state index in [1.54, 1.807) is 6.07 Å². The fourth-order valence-electron chi connectivity index (χ4n) is 2.25. The van der Waals surface area contributed by atoms with Crippen LogP contribution >= 0.6 is 0 Å². The van der Waals surface area contributed by atoms with E-state index in [-0.39, 0.29) is 29.7 Å². The Kier molecular flexibility index (Phi) is 4.66. The molecule has 0 spiro atoms. The minimum atomic E-state index is -0.630. The van der Waals surface area contributed by atoms with E-state index in [0.29, 0.717) is 0 Å². The van der Waals surface area contributed by atoms with Gasteiger partial charge in [0.2, 0.25) is 5.91 Å². The molecule has 1 fully saturated rings. The molecule has 1 heterocycles. The maximum absolute atomic E-state index is 13.4. The molecule has 1 amide bonds. The summed E-state index contributed by atoms with van der Waals surface area (Å²) in [6.45, 7) is 1.79. The number of hydrogen-bond donors (Lipinski definition) is 2. The number of benzene rings is 1. The quantitative estimate of drug-likeness (QED) is 0.864. The molecule has 0 saturated carbocycles. The van der Waals surface area contributed by atoms with Crippen molar-refractivity contribution in [3.8, 4) is 6.07 Å². The maximum Gasteiger partial charge on any atom is 0.238 e. The lowest BCUT2D eigenvalue weighted by atomic mass is 10.1. The molecular weight excluding hydrogens is 259 g/mol. The third-order valence-corrected chi connectivity index (χ3v) is 3.40. The molecule has 20 heavy (non-hydrogen) atoms. The van der Waals surface area contributed by atoms with Gasteiger partial charge in [0.25, 0.3) is 0 Å². The average Bonchev–Trinajstić information content (AvgIpc) is 2.42. The second kappa shape index (κ2) is 6.46. The molecule has 0 radical (unpaired) electrons. The minimum absolute atomic E-state index is 0.137. The van der Waals surface area contributed by atoms with Crippen LogP contribution < -0.4 is 11.1 Å². The van der Waals surface area contributed by atoms with Crippen molar-refractivity contribution in [1.82, 2.24) is 4.90 Å². The van der Waals surface area contributed by atoms with Crippen LogP contribution in [0, 0.1) is 17.1 Å². The van der Waals surface area contributed by atoms with Crippen LogP contribution in [0.15, 0.2) is 18.2 Å². The highest BCUT2D eigenvalue weighted by Crippen LogP contribution is 2.18. The Bertz CT molecular complexity index is 532. The summed E-state index contributed by atoms with van der Waals surface area (Å²) >= 11 is 0. The number of carbonyl (C=O) groups excluding carboxylic acids is 1. The van der Waals surface area contributed by atoms with Crippen LogP contribution in [-0.4, -0.2) is 36.5 Å². The molecule has 2 rings (SSSR count). The Labute approximate surface area is 117 Å². The molecule has 5 nitrogen and oxygen atoms in total. The van der Waals surface area contributed by atoms with Gasteiger partial charge in [-0.25, -0.2) is 4.39 Å². The van der Waals surface area contributed by atoms with Gasteiger partial charge >= 0.3 is 0 Å². The van der Waals surface area contributed by atoms with E-state index >= 15 is 0 Å². The van der Waals surface area contributed by atoms with Crippen LogP contribution in [0.25, 0.3) is 0 Å². The van der Waals surface area contributed by atoms with Crippen molar-refractivity contribution >= 4 is 11.6 Å². The van der Waals surface area contributed by atoms with E-state index in [0.717, 1.165) is 25.9 Å². The van der Waals surface area contributed by atoms with Crippen LogP contribution in [-0.2, 0) is 4.79 Å². The molecule has 1 aromatic rings. The zero-order chi connectivity index (χ0) is 14.5. The summed E-state index contributed by atoms with van der Waals surface area (Å²) in [5, 5.41) is 11.5. The van der Waals surface area contributed by atoms with Crippen molar-refractivity contribution in [3.63, 3.8) is 0 Å². The molecule has 0 atom stereocenters. The van der Waals surface area contributed by atoms with Gasteiger partial charge in [-0.05, 0) is 25.0 Å². The van der Waals surface area contributed by atoms with Crippen LogP contribution in [0.2, 0.25) is 0 Å². The van der Waals surface area contributed by atoms with E-state index in [4.69, 9.17) is 11.0 Å². The number of hydrogen-bond acceptors (Lipinski definition) is 4. The van der Waals surface area contributed by atoms with Gasteiger partial charge in [-0.15, -0.1) is 0 Å². The number of carbonyl (C=O) groups is 1. The first-order valence-corrected chi connectivity index (χ1v) is 6.56. The fourth-order valence-corrected chi connectivity index (χ4v) is 2.25. The predicted molar refractivity (Wildman–Crippen MR) is 73.4 cm³/mol. The molecular formula is C14H17FN4O. The number of anilines is 1. The summed E-state index contributed by atoms with van der Waals surface area (Å²) in [6, 6.07) is 6.15. The van der Waals surface area contributed by atoms with Gasteiger partial charge < -0.3 is 11.1 Å². The highest BCUT2D eigenvalue weighted by molar-refractivity contribution is 5.93. The first-order chi connectivity index (χ1) is 9.60. The number of nitrogens with two attached hydrogens (primary N) is 1. The van der Waals surface area contributed by atoms with Crippen molar-refractivity contribution in [2.75, 3.05) is 25.0 Å². The molecule has 106 valence electrons. The molecule has 6 heteroatoms. The Hall–Kier alpha value is -1.97. The summed E-state index contributed by atoms with van der Waals surface area (Å²) in [5.74, 6) is -0.878. The van der Waals surface area contributed by atoms with Crippen LogP contribution in [0.3, 0.4) is 0 Å². The third-order valence-electron chi connectivity index (χ3n) is 3.40. The molecule has 1 saturated heterocycles. The lowest BCUT2D eigenvalue weighted by Crippen LogP contribution is -2.43. The Morgan fingerprint density at radius 2 is 2.20 bits per heavy atom. The molecule has 3 N–H and O–H groups in total.